The molecule has 0 fully saturated rings. The zero-order valence-electron chi connectivity index (χ0n) is 12.8. The third-order valence-corrected chi connectivity index (χ3v) is 3.51. The molecular weight excluding hydrogens is 274 g/mol. The van der Waals surface area contributed by atoms with Crippen LogP contribution in [0.5, 0.6) is 17.2 Å². The Morgan fingerprint density at radius 1 is 1.20 bits per heavy atom. The average Bonchev–Trinajstić information content (AvgIpc) is 2.43. The van der Waals surface area contributed by atoms with Crippen molar-refractivity contribution in [3.8, 4) is 17.2 Å². The van der Waals surface area contributed by atoms with E-state index in [4.69, 9.17) is 19.9 Å². The van der Waals surface area contributed by atoms with E-state index in [9.17, 15) is 0 Å². The van der Waals surface area contributed by atoms with E-state index in [1.165, 1.54) is 0 Å². The van der Waals surface area contributed by atoms with E-state index in [-0.39, 0.29) is 6.04 Å². The van der Waals surface area contributed by atoms with Gasteiger partial charge in [-0.3, -0.25) is 0 Å². The SMILES string of the molecule is COc1cc(CC(C)N)cc(OC)c1OCCCSC. The first-order valence-electron chi connectivity index (χ1n) is 6.74. The molecule has 1 atom stereocenters. The number of thioether (sulfide) groups is 1. The Morgan fingerprint density at radius 3 is 2.25 bits per heavy atom. The first-order chi connectivity index (χ1) is 9.62. The maximum atomic E-state index is 5.84. The van der Waals surface area contributed by atoms with Crippen LogP contribution in [0.2, 0.25) is 0 Å². The number of methoxy groups -OCH3 is 2. The average molecular weight is 299 g/mol. The number of hydrogen-bond acceptors (Lipinski definition) is 5. The van der Waals surface area contributed by atoms with Crippen molar-refractivity contribution in [3.05, 3.63) is 17.7 Å². The molecule has 0 bridgehead atoms. The third kappa shape index (κ3) is 5.13. The van der Waals surface area contributed by atoms with E-state index in [1.807, 2.05) is 30.8 Å². The van der Waals surface area contributed by atoms with Gasteiger partial charge < -0.3 is 19.9 Å². The van der Waals surface area contributed by atoms with Crippen molar-refractivity contribution in [2.45, 2.75) is 25.8 Å². The molecular formula is C15H25NO3S. The minimum absolute atomic E-state index is 0.0951. The molecule has 0 aliphatic rings. The second kappa shape index (κ2) is 8.97. The number of hydrogen-bond donors (Lipinski definition) is 1. The Kier molecular flexibility index (Phi) is 7.62. The lowest BCUT2D eigenvalue weighted by atomic mass is 10.1. The normalized spacial score (nSPS) is 12.1. The summed E-state index contributed by atoms with van der Waals surface area (Å²) in [4.78, 5) is 0. The highest BCUT2D eigenvalue weighted by molar-refractivity contribution is 7.98. The van der Waals surface area contributed by atoms with Gasteiger partial charge in [0.25, 0.3) is 0 Å². The van der Waals surface area contributed by atoms with E-state index in [0.717, 1.165) is 24.2 Å². The van der Waals surface area contributed by atoms with Gasteiger partial charge in [-0.1, -0.05) is 0 Å². The molecule has 0 aliphatic carbocycles. The van der Waals surface area contributed by atoms with Crippen LogP contribution in [0.3, 0.4) is 0 Å². The Bertz CT molecular complexity index is 385. The van der Waals surface area contributed by atoms with Crippen LogP contribution >= 0.6 is 11.8 Å². The molecule has 0 saturated heterocycles. The van der Waals surface area contributed by atoms with Crippen molar-refractivity contribution in [3.63, 3.8) is 0 Å². The summed E-state index contributed by atoms with van der Waals surface area (Å²) in [5, 5.41) is 0. The van der Waals surface area contributed by atoms with E-state index >= 15 is 0 Å². The molecule has 1 aromatic rings. The summed E-state index contributed by atoms with van der Waals surface area (Å²) in [6.07, 6.45) is 3.86. The highest BCUT2D eigenvalue weighted by Gasteiger charge is 2.14. The maximum absolute atomic E-state index is 5.84. The quantitative estimate of drug-likeness (QED) is 0.711. The molecule has 1 rings (SSSR count). The highest BCUT2D eigenvalue weighted by atomic mass is 32.2. The first-order valence-corrected chi connectivity index (χ1v) is 8.14. The topological polar surface area (TPSA) is 53.7 Å². The Labute approximate surface area is 126 Å². The molecule has 20 heavy (non-hydrogen) atoms. The molecule has 2 N–H and O–H groups in total. The summed E-state index contributed by atoms with van der Waals surface area (Å²) in [7, 11) is 3.28. The summed E-state index contributed by atoms with van der Waals surface area (Å²) >= 11 is 1.81. The zero-order valence-corrected chi connectivity index (χ0v) is 13.6. The van der Waals surface area contributed by atoms with E-state index in [1.54, 1.807) is 14.2 Å². The van der Waals surface area contributed by atoms with Crippen LogP contribution in [-0.4, -0.2) is 38.9 Å². The van der Waals surface area contributed by atoms with E-state index < -0.39 is 0 Å². The van der Waals surface area contributed by atoms with Crippen LogP contribution in [-0.2, 0) is 6.42 Å². The van der Waals surface area contributed by atoms with Gasteiger partial charge in [0.05, 0.1) is 20.8 Å². The lowest BCUT2D eigenvalue weighted by molar-refractivity contribution is 0.275. The van der Waals surface area contributed by atoms with Gasteiger partial charge in [-0.25, -0.2) is 0 Å². The zero-order chi connectivity index (χ0) is 15.0. The van der Waals surface area contributed by atoms with Crippen LogP contribution < -0.4 is 19.9 Å². The molecule has 1 unspecified atom stereocenters. The predicted molar refractivity (Wildman–Crippen MR) is 85.4 cm³/mol. The summed E-state index contributed by atoms with van der Waals surface area (Å²) in [6.45, 7) is 2.63. The van der Waals surface area contributed by atoms with Crippen molar-refractivity contribution < 1.29 is 14.2 Å². The van der Waals surface area contributed by atoms with Crippen molar-refractivity contribution in [1.29, 1.82) is 0 Å². The molecule has 1 aromatic carbocycles. The van der Waals surface area contributed by atoms with E-state index in [0.29, 0.717) is 23.9 Å². The molecule has 0 heterocycles. The van der Waals surface area contributed by atoms with Gasteiger partial charge in [0.1, 0.15) is 0 Å². The lowest BCUT2D eigenvalue weighted by Gasteiger charge is -2.16. The van der Waals surface area contributed by atoms with Crippen molar-refractivity contribution in [1.82, 2.24) is 0 Å². The second-order valence-electron chi connectivity index (χ2n) is 4.71. The minimum atomic E-state index is 0.0951. The van der Waals surface area contributed by atoms with Crippen LogP contribution in [0.1, 0.15) is 18.9 Å². The monoisotopic (exact) mass is 299 g/mol. The molecule has 0 spiro atoms. The van der Waals surface area contributed by atoms with Gasteiger partial charge >= 0.3 is 0 Å². The van der Waals surface area contributed by atoms with Crippen molar-refractivity contribution >= 4 is 11.8 Å². The molecule has 5 heteroatoms. The summed E-state index contributed by atoms with van der Waals surface area (Å²) < 4.78 is 16.6. The van der Waals surface area contributed by atoms with Crippen LogP contribution in [0.25, 0.3) is 0 Å². The van der Waals surface area contributed by atoms with Gasteiger partial charge in [0.15, 0.2) is 11.5 Å². The van der Waals surface area contributed by atoms with Gasteiger partial charge in [0, 0.05) is 6.04 Å². The summed E-state index contributed by atoms with van der Waals surface area (Å²) in [6, 6.07) is 4.03. The molecule has 0 saturated carbocycles. The van der Waals surface area contributed by atoms with Crippen LogP contribution in [0.4, 0.5) is 0 Å². The van der Waals surface area contributed by atoms with Gasteiger partial charge in [-0.2, -0.15) is 11.8 Å². The molecule has 0 aromatic heterocycles. The Morgan fingerprint density at radius 2 is 1.80 bits per heavy atom. The van der Waals surface area contributed by atoms with Crippen LogP contribution in [0.15, 0.2) is 12.1 Å². The largest absolute Gasteiger partial charge is 0.493 e. The van der Waals surface area contributed by atoms with Crippen molar-refractivity contribution in [2.24, 2.45) is 5.73 Å². The highest BCUT2D eigenvalue weighted by Crippen LogP contribution is 2.38. The summed E-state index contributed by atoms with van der Waals surface area (Å²) in [5.74, 6) is 3.14. The maximum Gasteiger partial charge on any atom is 0.203 e. The van der Waals surface area contributed by atoms with Crippen molar-refractivity contribution in [2.75, 3.05) is 32.8 Å². The summed E-state index contributed by atoms with van der Waals surface area (Å²) in [5.41, 5.74) is 6.93. The third-order valence-electron chi connectivity index (χ3n) is 2.82. The standard InChI is InChI=1S/C15H25NO3S/c1-11(16)8-12-9-13(17-2)15(14(10-12)18-3)19-6-5-7-20-4/h9-11H,5-8,16H2,1-4H3. The van der Waals surface area contributed by atoms with Gasteiger partial charge in [0.2, 0.25) is 5.75 Å². The smallest absolute Gasteiger partial charge is 0.203 e. The molecule has 0 radical (unpaired) electrons. The first kappa shape index (κ1) is 17.0. The fourth-order valence-corrected chi connectivity index (χ4v) is 2.35. The lowest BCUT2D eigenvalue weighted by Crippen LogP contribution is -2.17. The fourth-order valence-electron chi connectivity index (χ4n) is 1.94. The number of benzene rings is 1. The Balaban J connectivity index is 2.90. The van der Waals surface area contributed by atoms with Gasteiger partial charge in [-0.05, 0) is 49.5 Å². The molecule has 4 nitrogen and oxygen atoms in total. The second-order valence-corrected chi connectivity index (χ2v) is 5.69. The predicted octanol–water partition coefficient (Wildman–Crippen LogP) is 2.73. The van der Waals surface area contributed by atoms with Crippen LogP contribution in [0, 0.1) is 0 Å². The molecule has 114 valence electrons. The fraction of sp³-hybridized carbons (Fsp3) is 0.600. The Hall–Kier alpha value is -1.07. The molecule has 0 aliphatic heterocycles. The number of rotatable bonds is 9. The van der Waals surface area contributed by atoms with E-state index in [2.05, 4.69) is 6.26 Å². The minimum Gasteiger partial charge on any atom is -0.493 e. The number of nitrogens with two attached hydrogens (primary N) is 1. The number of ether oxygens (including phenoxy) is 3. The van der Waals surface area contributed by atoms with Gasteiger partial charge in [-0.15, -0.1) is 0 Å². The molecule has 0 amide bonds.